The Morgan fingerprint density at radius 3 is 2.55 bits per heavy atom. The van der Waals surface area contributed by atoms with Gasteiger partial charge in [-0.3, -0.25) is 4.79 Å². The van der Waals surface area contributed by atoms with E-state index >= 15 is 0 Å². The van der Waals surface area contributed by atoms with Crippen molar-refractivity contribution in [2.24, 2.45) is 0 Å². The Bertz CT molecular complexity index is 836. The molecule has 5 nitrogen and oxygen atoms in total. The third kappa shape index (κ3) is 2.56. The fourth-order valence-corrected chi connectivity index (χ4v) is 2.29. The molecule has 0 saturated heterocycles. The molecule has 2 aromatic carbocycles. The zero-order chi connectivity index (χ0) is 15.5. The van der Waals surface area contributed by atoms with Crippen molar-refractivity contribution in [2.75, 3.05) is 0 Å². The number of hydrogen-bond donors (Lipinski definition) is 2. The van der Waals surface area contributed by atoms with E-state index in [0.29, 0.717) is 23.3 Å². The lowest BCUT2D eigenvalue weighted by Gasteiger charge is -2.07. The molecule has 0 aliphatic heterocycles. The normalized spacial score (nSPS) is 10.5. The second kappa shape index (κ2) is 5.73. The standard InChI is InChI=1S/C17H13NO4/c19-16(17(20)21)13-9-18-15-12(13)7-4-8-14(15)22-10-11-5-2-1-3-6-11/h1-9,18H,10H2,(H,20,21). The van der Waals surface area contributed by atoms with E-state index in [1.807, 2.05) is 30.3 Å². The highest BCUT2D eigenvalue weighted by molar-refractivity contribution is 6.42. The molecule has 0 spiro atoms. The lowest BCUT2D eigenvalue weighted by Crippen LogP contribution is -2.11. The van der Waals surface area contributed by atoms with E-state index in [1.165, 1.54) is 6.20 Å². The molecule has 0 amide bonds. The van der Waals surface area contributed by atoms with Crippen LogP contribution in [-0.4, -0.2) is 21.8 Å². The van der Waals surface area contributed by atoms with Crippen molar-refractivity contribution in [1.29, 1.82) is 0 Å². The van der Waals surface area contributed by atoms with Gasteiger partial charge in [-0.1, -0.05) is 42.5 Å². The number of Topliss-reactive ketones (excluding diaryl/α,β-unsaturated/α-hetero) is 1. The molecule has 0 fully saturated rings. The topological polar surface area (TPSA) is 79.4 Å². The zero-order valence-corrected chi connectivity index (χ0v) is 11.6. The van der Waals surface area contributed by atoms with Crippen molar-refractivity contribution < 1.29 is 19.4 Å². The first-order valence-electron chi connectivity index (χ1n) is 6.71. The van der Waals surface area contributed by atoms with Gasteiger partial charge in [-0.2, -0.15) is 0 Å². The summed E-state index contributed by atoms with van der Waals surface area (Å²) in [5.41, 5.74) is 1.77. The van der Waals surface area contributed by atoms with Crippen LogP contribution in [-0.2, 0) is 11.4 Å². The van der Waals surface area contributed by atoms with Gasteiger partial charge >= 0.3 is 5.97 Å². The van der Waals surface area contributed by atoms with Crippen molar-refractivity contribution in [3.63, 3.8) is 0 Å². The number of rotatable bonds is 5. The van der Waals surface area contributed by atoms with Crippen LogP contribution in [0.4, 0.5) is 0 Å². The summed E-state index contributed by atoms with van der Waals surface area (Å²) in [7, 11) is 0. The number of para-hydroxylation sites is 1. The third-order valence-electron chi connectivity index (χ3n) is 3.35. The first-order chi connectivity index (χ1) is 10.7. The maximum absolute atomic E-state index is 11.6. The number of aliphatic carboxylic acids is 1. The number of carboxylic acid groups (broad SMARTS) is 1. The lowest BCUT2D eigenvalue weighted by molar-refractivity contribution is -0.131. The first kappa shape index (κ1) is 13.9. The maximum Gasteiger partial charge on any atom is 0.377 e. The number of carbonyl (C=O) groups is 2. The number of hydrogen-bond acceptors (Lipinski definition) is 3. The van der Waals surface area contributed by atoms with Crippen molar-refractivity contribution >= 4 is 22.7 Å². The molecule has 0 saturated carbocycles. The molecule has 0 unspecified atom stereocenters. The van der Waals surface area contributed by atoms with Gasteiger partial charge in [-0.25, -0.2) is 4.79 Å². The molecule has 5 heteroatoms. The highest BCUT2D eigenvalue weighted by atomic mass is 16.5. The monoisotopic (exact) mass is 295 g/mol. The first-order valence-corrected chi connectivity index (χ1v) is 6.71. The average Bonchev–Trinajstić information content (AvgIpc) is 2.97. The number of H-pyrrole nitrogens is 1. The van der Waals surface area contributed by atoms with Crippen LogP contribution in [0, 0.1) is 0 Å². The van der Waals surface area contributed by atoms with Gasteiger partial charge in [-0.05, 0) is 11.6 Å². The number of ether oxygens (including phenoxy) is 1. The van der Waals surface area contributed by atoms with Gasteiger partial charge in [0.15, 0.2) is 0 Å². The summed E-state index contributed by atoms with van der Waals surface area (Å²) in [6.45, 7) is 0.390. The van der Waals surface area contributed by atoms with Crippen molar-refractivity contribution in [3.05, 3.63) is 65.9 Å². The number of nitrogens with one attached hydrogen (secondary N) is 1. The van der Waals surface area contributed by atoms with Crippen LogP contribution in [0.15, 0.2) is 54.7 Å². The number of carboxylic acids is 1. The van der Waals surface area contributed by atoms with E-state index in [0.717, 1.165) is 5.56 Å². The summed E-state index contributed by atoms with van der Waals surface area (Å²) in [6.07, 6.45) is 1.40. The molecule has 0 atom stereocenters. The highest BCUT2D eigenvalue weighted by Crippen LogP contribution is 2.28. The van der Waals surface area contributed by atoms with Gasteiger partial charge in [-0.15, -0.1) is 0 Å². The number of carbonyl (C=O) groups excluding carboxylic acids is 1. The molecule has 0 bridgehead atoms. The minimum absolute atomic E-state index is 0.132. The SMILES string of the molecule is O=C(O)C(=O)c1c[nH]c2c(OCc3ccccc3)cccc12. The van der Waals surface area contributed by atoms with E-state index in [4.69, 9.17) is 9.84 Å². The molecule has 1 aromatic heterocycles. The third-order valence-corrected chi connectivity index (χ3v) is 3.35. The molecule has 0 aliphatic carbocycles. The highest BCUT2D eigenvalue weighted by Gasteiger charge is 2.19. The second-order valence-electron chi connectivity index (χ2n) is 4.79. The fraction of sp³-hybridized carbons (Fsp3) is 0.0588. The number of aromatic nitrogens is 1. The van der Waals surface area contributed by atoms with E-state index in [-0.39, 0.29) is 5.56 Å². The summed E-state index contributed by atoms with van der Waals surface area (Å²) >= 11 is 0. The van der Waals surface area contributed by atoms with Crippen LogP contribution in [0.5, 0.6) is 5.75 Å². The minimum atomic E-state index is -1.48. The number of benzene rings is 2. The Labute approximate surface area is 126 Å². The van der Waals surface area contributed by atoms with Gasteiger partial charge in [0, 0.05) is 11.6 Å². The van der Waals surface area contributed by atoms with E-state index in [9.17, 15) is 9.59 Å². The van der Waals surface area contributed by atoms with Crippen molar-refractivity contribution in [3.8, 4) is 5.75 Å². The Hall–Kier alpha value is -3.08. The van der Waals surface area contributed by atoms with Crippen LogP contribution >= 0.6 is 0 Å². The molecule has 3 rings (SSSR count). The molecule has 1 heterocycles. The van der Waals surface area contributed by atoms with E-state index in [1.54, 1.807) is 18.2 Å². The lowest BCUT2D eigenvalue weighted by atomic mass is 10.1. The summed E-state index contributed by atoms with van der Waals surface area (Å²) in [4.78, 5) is 25.4. The maximum atomic E-state index is 11.6. The second-order valence-corrected chi connectivity index (χ2v) is 4.79. The Balaban J connectivity index is 1.91. The van der Waals surface area contributed by atoms with Gasteiger partial charge in [0.25, 0.3) is 5.78 Å². The van der Waals surface area contributed by atoms with Gasteiger partial charge < -0.3 is 14.8 Å². The quantitative estimate of drug-likeness (QED) is 0.560. The minimum Gasteiger partial charge on any atom is -0.487 e. The van der Waals surface area contributed by atoms with Crippen LogP contribution < -0.4 is 4.74 Å². The molecular weight excluding hydrogens is 282 g/mol. The van der Waals surface area contributed by atoms with Crippen molar-refractivity contribution in [1.82, 2.24) is 4.98 Å². The summed E-state index contributed by atoms with van der Waals surface area (Å²) in [6, 6.07) is 14.9. The Morgan fingerprint density at radius 1 is 1.05 bits per heavy atom. The molecule has 3 aromatic rings. The van der Waals surface area contributed by atoms with Crippen LogP contribution in [0.2, 0.25) is 0 Å². The predicted octanol–water partition coefficient (Wildman–Crippen LogP) is 3.01. The number of fused-ring (bicyclic) bond motifs is 1. The molecule has 0 radical (unpaired) electrons. The molecule has 22 heavy (non-hydrogen) atoms. The van der Waals surface area contributed by atoms with Crippen molar-refractivity contribution in [2.45, 2.75) is 6.61 Å². The molecule has 0 aliphatic rings. The Morgan fingerprint density at radius 2 is 1.82 bits per heavy atom. The predicted molar refractivity (Wildman–Crippen MR) is 81.0 cm³/mol. The summed E-state index contributed by atoms with van der Waals surface area (Å²) in [5.74, 6) is -1.84. The van der Waals surface area contributed by atoms with Gasteiger partial charge in [0.05, 0.1) is 11.1 Å². The Kier molecular flexibility index (Phi) is 3.62. The van der Waals surface area contributed by atoms with Gasteiger partial charge in [0.1, 0.15) is 12.4 Å². The number of ketones is 1. The fourth-order valence-electron chi connectivity index (χ4n) is 2.29. The molecule has 110 valence electrons. The van der Waals surface area contributed by atoms with Gasteiger partial charge in [0.2, 0.25) is 0 Å². The smallest absolute Gasteiger partial charge is 0.377 e. The van der Waals surface area contributed by atoms with E-state index < -0.39 is 11.8 Å². The number of aromatic amines is 1. The summed E-state index contributed by atoms with van der Waals surface area (Å²) < 4.78 is 5.77. The molecular formula is C17H13NO4. The summed E-state index contributed by atoms with van der Waals surface area (Å²) in [5, 5.41) is 9.38. The van der Waals surface area contributed by atoms with Crippen LogP contribution in [0.1, 0.15) is 15.9 Å². The largest absolute Gasteiger partial charge is 0.487 e. The van der Waals surface area contributed by atoms with Crippen LogP contribution in [0.3, 0.4) is 0 Å². The molecule has 2 N–H and O–H groups in total. The van der Waals surface area contributed by atoms with E-state index in [2.05, 4.69) is 4.98 Å². The zero-order valence-electron chi connectivity index (χ0n) is 11.6. The van der Waals surface area contributed by atoms with Crippen LogP contribution in [0.25, 0.3) is 10.9 Å². The average molecular weight is 295 g/mol.